The summed E-state index contributed by atoms with van der Waals surface area (Å²) in [5, 5.41) is 14.5. The Morgan fingerprint density at radius 1 is 1.38 bits per heavy atom. The monoisotopic (exact) mass is 347 g/mol. The number of thiophene rings is 1. The number of aromatic amines is 1. The summed E-state index contributed by atoms with van der Waals surface area (Å²) in [6.07, 6.45) is 0. The molecule has 24 heavy (non-hydrogen) atoms. The molecule has 3 rings (SSSR count). The Labute approximate surface area is 146 Å². The molecule has 1 aliphatic heterocycles. The molecule has 130 valence electrons. The Hall–Kier alpha value is -1.86. The molecule has 1 unspecified atom stereocenters. The van der Waals surface area contributed by atoms with Gasteiger partial charge in [0, 0.05) is 50.0 Å². The van der Waals surface area contributed by atoms with Crippen LogP contribution in [0.2, 0.25) is 0 Å². The molecule has 0 saturated carbocycles. The second-order valence-corrected chi connectivity index (χ2v) is 7.11. The highest BCUT2D eigenvalue weighted by atomic mass is 32.1. The Balaban J connectivity index is 1.48. The molecule has 7 heteroatoms. The molecular formula is C17H25N5OS. The van der Waals surface area contributed by atoms with Crippen molar-refractivity contribution in [1.82, 2.24) is 25.3 Å². The van der Waals surface area contributed by atoms with Crippen LogP contribution in [0.4, 0.5) is 4.79 Å². The van der Waals surface area contributed by atoms with Crippen LogP contribution in [0.15, 0.2) is 16.8 Å². The Kier molecular flexibility index (Phi) is 5.20. The van der Waals surface area contributed by atoms with Crippen LogP contribution < -0.4 is 5.32 Å². The van der Waals surface area contributed by atoms with Crippen LogP contribution in [0.5, 0.6) is 0 Å². The van der Waals surface area contributed by atoms with E-state index in [1.54, 1.807) is 11.3 Å². The maximum absolute atomic E-state index is 12.4. The maximum Gasteiger partial charge on any atom is 0.317 e. The van der Waals surface area contributed by atoms with Gasteiger partial charge in [-0.2, -0.15) is 16.4 Å². The summed E-state index contributed by atoms with van der Waals surface area (Å²) in [4.78, 5) is 16.7. The van der Waals surface area contributed by atoms with Crippen molar-refractivity contribution in [3.8, 4) is 0 Å². The topological polar surface area (TPSA) is 64.3 Å². The normalized spacial score (nSPS) is 17.0. The lowest BCUT2D eigenvalue weighted by Crippen LogP contribution is -2.52. The van der Waals surface area contributed by atoms with E-state index in [-0.39, 0.29) is 6.03 Å². The second kappa shape index (κ2) is 7.36. The number of hydrogen-bond donors (Lipinski definition) is 2. The number of piperazine rings is 1. The number of aromatic nitrogens is 2. The molecule has 0 aromatic carbocycles. The summed E-state index contributed by atoms with van der Waals surface area (Å²) in [5.74, 6) is 0. The highest BCUT2D eigenvalue weighted by Gasteiger charge is 2.25. The SMILES string of the molecule is Cc1n[nH]c(C)c1CNC(=O)N1CCN(C(C)c2ccsc2)CC1. The lowest BCUT2D eigenvalue weighted by atomic mass is 10.1. The van der Waals surface area contributed by atoms with E-state index in [4.69, 9.17) is 0 Å². The zero-order chi connectivity index (χ0) is 17.1. The zero-order valence-corrected chi connectivity index (χ0v) is 15.3. The summed E-state index contributed by atoms with van der Waals surface area (Å²) in [7, 11) is 0. The van der Waals surface area contributed by atoms with E-state index in [9.17, 15) is 4.79 Å². The quantitative estimate of drug-likeness (QED) is 0.894. The first-order valence-electron chi connectivity index (χ1n) is 8.35. The molecule has 2 aromatic heterocycles. The molecule has 0 spiro atoms. The van der Waals surface area contributed by atoms with Crippen LogP contribution >= 0.6 is 11.3 Å². The van der Waals surface area contributed by atoms with E-state index in [1.165, 1.54) is 5.56 Å². The largest absolute Gasteiger partial charge is 0.334 e. The van der Waals surface area contributed by atoms with Gasteiger partial charge >= 0.3 is 6.03 Å². The first-order valence-corrected chi connectivity index (χ1v) is 9.30. The number of H-pyrrole nitrogens is 1. The summed E-state index contributed by atoms with van der Waals surface area (Å²) in [5.41, 5.74) is 4.40. The molecule has 2 aromatic rings. The standard InChI is InChI=1S/C17H25N5OS/c1-12-16(13(2)20-19-12)10-18-17(23)22-7-5-21(6-8-22)14(3)15-4-9-24-11-15/h4,9,11,14H,5-8,10H2,1-3H3,(H,18,23)(H,19,20). The molecule has 2 N–H and O–H groups in total. The fraction of sp³-hybridized carbons (Fsp3) is 0.529. The van der Waals surface area contributed by atoms with Gasteiger partial charge in [-0.3, -0.25) is 10.00 Å². The number of carbonyl (C=O) groups excluding carboxylic acids is 1. The number of carbonyl (C=O) groups is 1. The predicted molar refractivity (Wildman–Crippen MR) is 96.2 cm³/mol. The van der Waals surface area contributed by atoms with Crippen molar-refractivity contribution in [2.45, 2.75) is 33.4 Å². The molecule has 0 aliphatic carbocycles. The summed E-state index contributed by atoms with van der Waals surface area (Å²) >= 11 is 1.74. The highest BCUT2D eigenvalue weighted by Crippen LogP contribution is 2.23. The number of hydrogen-bond acceptors (Lipinski definition) is 4. The average molecular weight is 347 g/mol. The van der Waals surface area contributed by atoms with Crippen molar-refractivity contribution in [3.63, 3.8) is 0 Å². The summed E-state index contributed by atoms with van der Waals surface area (Å²) in [6, 6.07) is 2.61. The van der Waals surface area contributed by atoms with E-state index in [2.05, 4.69) is 44.2 Å². The smallest absolute Gasteiger partial charge is 0.317 e. The molecule has 0 radical (unpaired) electrons. The second-order valence-electron chi connectivity index (χ2n) is 6.33. The van der Waals surface area contributed by atoms with Gasteiger partial charge in [0.15, 0.2) is 0 Å². The van der Waals surface area contributed by atoms with Gasteiger partial charge in [-0.05, 0) is 43.2 Å². The van der Waals surface area contributed by atoms with Gasteiger partial charge in [-0.15, -0.1) is 0 Å². The van der Waals surface area contributed by atoms with Gasteiger partial charge in [-0.1, -0.05) is 0 Å². The fourth-order valence-electron chi connectivity index (χ4n) is 3.15. The number of nitrogens with one attached hydrogen (secondary N) is 2. The number of urea groups is 1. The van der Waals surface area contributed by atoms with E-state index >= 15 is 0 Å². The minimum absolute atomic E-state index is 0.0119. The molecule has 3 heterocycles. The molecular weight excluding hydrogens is 322 g/mol. The van der Waals surface area contributed by atoms with Gasteiger partial charge in [0.2, 0.25) is 0 Å². The van der Waals surface area contributed by atoms with Gasteiger partial charge in [-0.25, -0.2) is 4.79 Å². The van der Waals surface area contributed by atoms with E-state index in [0.29, 0.717) is 12.6 Å². The number of rotatable bonds is 4. The Morgan fingerprint density at radius 3 is 2.71 bits per heavy atom. The van der Waals surface area contributed by atoms with Gasteiger partial charge in [0.05, 0.1) is 5.69 Å². The first-order chi connectivity index (χ1) is 11.6. The molecule has 1 atom stereocenters. The van der Waals surface area contributed by atoms with Crippen LogP contribution in [0.3, 0.4) is 0 Å². The summed E-state index contributed by atoms with van der Waals surface area (Å²) in [6.45, 7) is 10.1. The van der Waals surface area contributed by atoms with Crippen LogP contribution in [0.25, 0.3) is 0 Å². The van der Waals surface area contributed by atoms with Gasteiger partial charge < -0.3 is 10.2 Å². The van der Waals surface area contributed by atoms with Crippen molar-refractivity contribution < 1.29 is 4.79 Å². The van der Waals surface area contributed by atoms with Crippen molar-refractivity contribution in [2.75, 3.05) is 26.2 Å². The maximum atomic E-state index is 12.4. The predicted octanol–water partition coefficient (Wildman–Crippen LogP) is 2.68. The molecule has 1 saturated heterocycles. The lowest BCUT2D eigenvalue weighted by molar-refractivity contribution is 0.114. The minimum Gasteiger partial charge on any atom is -0.334 e. The Bertz CT molecular complexity index is 654. The molecule has 6 nitrogen and oxygen atoms in total. The van der Waals surface area contributed by atoms with Gasteiger partial charge in [0.1, 0.15) is 0 Å². The van der Waals surface area contributed by atoms with E-state index in [0.717, 1.165) is 43.1 Å². The third-order valence-electron chi connectivity index (χ3n) is 4.87. The van der Waals surface area contributed by atoms with Crippen molar-refractivity contribution in [1.29, 1.82) is 0 Å². The van der Waals surface area contributed by atoms with Crippen LogP contribution in [0.1, 0.15) is 35.5 Å². The minimum atomic E-state index is 0.0119. The first kappa shape index (κ1) is 17.0. The van der Waals surface area contributed by atoms with Crippen molar-refractivity contribution >= 4 is 17.4 Å². The average Bonchev–Trinajstić information content (AvgIpc) is 3.23. The fourth-order valence-corrected chi connectivity index (χ4v) is 3.89. The third-order valence-corrected chi connectivity index (χ3v) is 5.57. The van der Waals surface area contributed by atoms with Crippen LogP contribution in [-0.4, -0.2) is 52.2 Å². The van der Waals surface area contributed by atoms with Crippen molar-refractivity contribution in [2.24, 2.45) is 0 Å². The number of amides is 2. The van der Waals surface area contributed by atoms with Gasteiger partial charge in [0.25, 0.3) is 0 Å². The third kappa shape index (κ3) is 3.62. The lowest BCUT2D eigenvalue weighted by Gasteiger charge is -2.37. The van der Waals surface area contributed by atoms with Crippen LogP contribution in [-0.2, 0) is 6.54 Å². The zero-order valence-electron chi connectivity index (χ0n) is 14.5. The summed E-state index contributed by atoms with van der Waals surface area (Å²) < 4.78 is 0. The van der Waals surface area contributed by atoms with Crippen molar-refractivity contribution in [3.05, 3.63) is 39.3 Å². The van der Waals surface area contributed by atoms with E-state index in [1.807, 2.05) is 18.7 Å². The molecule has 2 amide bonds. The molecule has 1 fully saturated rings. The molecule has 0 bridgehead atoms. The van der Waals surface area contributed by atoms with Crippen LogP contribution in [0, 0.1) is 13.8 Å². The number of aryl methyl sites for hydroxylation is 2. The number of nitrogens with zero attached hydrogens (tertiary/aromatic N) is 3. The molecule has 1 aliphatic rings. The van der Waals surface area contributed by atoms with E-state index < -0.39 is 0 Å². The highest BCUT2D eigenvalue weighted by molar-refractivity contribution is 7.07. The Morgan fingerprint density at radius 2 is 2.12 bits per heavy atom.